The van der Waals surface area contributed by atoms with Gasteiger partial charge in [0.25, 0.3) is 5.91 Å². The lowest BCUT2D eigenvalue weighted by Crippen LogP contribution is -2.17. The molecule has 186 valence electrons. The van der Waals surface area contributed by atoms with Crippen LogP contribution in [0.15, 0.2) is 76.2 Å². The van der Waals surface area contributed by atoms with Crippen LogP contribution in [0, 0.1) is 0 Å². The number of aromatic nitrogens is 1. The Kier molecular flexibility index (Phi) is 9.35. The first-order valence-corrected chi connectivity index (χ1v) is 13.8. The van der Waals surface area contributed by atoms with E-state index >= 15 is 0 Å². The highest BCUT2D eigenvalue weighted by atomic mass is 32.2. The Morgan fingerprint density at radius 3 is 2.58 bits per heavy atom. The lowest BCUT2D eigenvalue weighted by atomic mass is 10.1. The summed E-state index contributed by atoms with van der Waals surface area (Å²) in [5, 5.41) is 4.14. The molecule has 4 aromatic rings. The molecular weight excluding hydrogens is 490 g/mol. The van der Waals surface area contributed by atoms with Crippen molar-refractivity contribution in [1.29, 1.82) is 0 Å². The molecule has 0 fully saturated rings. The highest BCUT2D eigenvalue weighted by Gasteiger charge is 2.08. The van der Waals surface area contributed by atoms with Crippen molar-refractivity contribution in [2.75, 3.05) is 13.2 Å². The van der Waals surface area contributed by atoms with Crippen molar-refractivity contribution >= 4 is 45.4 Å². The van der Waals surface area contributed by atoms with Gasteiger partial charge in [0.1, 0.15) is 11.5 Å². The number of hydrazone groups is 1. The van der Waals surface area contributed by atoms with Crippen molar-refractivity contribution in [3.63, 3.8) is 0 Å². The molecule has 1 aromatic heterocycles. The van der Waals surface area contributed by atoms with Crippen LogP contribution in [0.3, 0.4) is 0 Å². The van der Waals surface area contributed by atoms with Crippen LogP contribution in [0.4, 0.5) is 0 Å². The third-order valence-corrected chi connectivity index (χ3v) is 7.39. The predicted molar refractivity (Wildman–Crippen MR) is 149 cm³/mol. The quantitative estimate of drug-likeness (QED) is 0.125. The third-order valence-electron chi connectivity index (χ3n) is 5.14. The number of thioether (sulfide) groups is 1. The van der Waals surface area contributed by atoms with Crippen molar-refractivity contribution in [1.82, 2.24) is 10.4 Å². The molecule has 6 nitrogen and oxygen atoms in total. The number of benzene rings is 3. The smallest absolute Gasteiger partial charge is 0.271 e. The first-order chi connectivity index (χ1) is 17.7. The van der Waals surface area contributed by atoms with E-state index in [0.717, 1.165) is 45.3 Å². The molecule has 0 saturated carbocycles. The molecule has 0 spiro atoms. The number of rotatable bonds is 12. The summed E-state index contributed by atoms with van der Waals surface area (Å²) in [6.45, 7) is 5.36. The highest BCUT2D eigenvalue weighted by molar-refractivity contribution is 8.00. The number of thiazole rings is 1. The molecule has 1 N–H and O–H groups in total. The van der Waals surface area contributed by atoms with Crippen LogP contribution in [0.2, 0.25) is 0 Å². The molecule has 0 atom stereocenters. The molecule has 4 rings (SSSR count). The standard InChI is InChI=1S/C28H29N3O3S2/c1-3-15-33-23-14-13-22(25(17-23)34-16-4-2)18-29-31-27(32)21-11-9-20(10-12-21)19-35-28-30-24-7-5-6-8-26(24)36-28/h5-14,17-18H,3-4,15-16,19H2,1-2H3,(H,31,32)/b29-18+. The Bertz CT molecular complexity index is 1290. The topological polar surface area (TPSA) is 72.8 Å². The van der Waals surface area contributed by atoms with E-state index in [2.05, 4.69) is 35.4 Å². The minimum Gasteiger partial charge on any atom is -0.493 e. The number of ether oxygens (including phenoxy) is 2. The number of hydrogen-bond donors (Lipinski definition) is 1. The number of carbonyl (C=O) groups excluding carboxylic acids is 1. The fourth-order valence-corrected chi connectivity index (χ4v) is 5.33. The Morgan fingerprint density at radius 2 is 1.81 bits per heavy atom. The summed E-state index contributed by atoms with van der Waals surface area (Å²) in [5.74, 6) is 1.96. The maximum absolute atomic E-state index is 12.6. The van der Waals surface area contributed by atoms with Gasteiger partial charge in [-0.25, -0.2) is 10.4 Å². The van der Waals surface area contributed by atoms with E-state index in [1.807, 2.05) is 60.7 Å². The summed E-state index contributed by atoms with van der Waals surface area (Å²) in [6.07, 6.45) is 3.42. The zero-order valence-electron chi connectivity index (χ0n) is 20.4. The minimum absolute atomic E-state index is 0.268. The Balaban J connectivity index is 1.33. The number of para-hydroxylation sites is 1. The van der Waals surface area contributed by atoms with Gasteiger partial charge in [-0.1, -0.05) is 49.9 Å². The van der Waals surface area contributed by atoms with Gasteiger partial charge in [0.05, 0.1) is 29.6 Å². The number of fused-ring (bicyclic) bond motifs is 1. The summed E-state index contributed by atoms with van der Waals surface area (Å²) >= 11 is 3.40. The van der Waals surface area contributed by atoms with Crippen molar-refractivity contribution in [2.24, 2.45) is 5.10 Å². The predicted octanol–water partition coefficient (Wildman–Crippen LogP) is 6.93. The summed E-state index contributed by atoms with van der Waals surface area (Å²) in [5.41, 5.74) is 6.08. The lowest BCUT2D eigenvalue weighted by molar-refractivity contribution is 0.0955. The average Bonchev–Trinajstić information content (AvgIpc) is 3.33. The van der Waals surface area contributed by atoms with E-state index in [4.69, 9.17) is 9.47 Å². The second-order valence-electron chi connectivity index (χ2n) is 8.03. The Hall–Kier alpha value is -3.36. The van der Waals surface area contributed by atoms with Crippen LogP contribution in [0.25, 0.3) is 10.2 Å². The minimum atomic E-state index is -0.268. The van der Waals surface area contributed by atoms with Gasteiger partial charge in [-0.15, -0.1) is 11.3 Å². The molecule has 0 saturated heterocycles. The van der Waals surface area contributed by atoms with Gasteiger partial charge in [0, 0.05) is 22.9 Å². The van der Waals surface area contributed by atoms with Crippen LogP contribution in [-0.4, -0.2) is 30.3 Å². The molecule has 0 radical (unpaired) electrons. The third kappa shape index (κ3) is 7.08. The van der Waals surface area contributed by atoms with Crippen molar-refractivity contribution in [2.45, 2.75) is 36.8 Å². The molecule has 36 heavy (non-hydrogen) atoms. The summed E-state index contributed by atoms with van der Waals surface area (Å²) in [6, 6.07) is 21.3. The molecule has 0 unspecified atom stereocenters. The lowest BCUT2D eigenvalue weighted by Gasteiger charge is -2.11. The van der Waals surface area contributed by atoms with E-state index in [1.165, 1.54) is 4.70 Å². The summed E-state index contributed by atoms with van der Waals surface area (Å²) in [7, 11) is 0. The number of nitrogens with zero attached hydrogens (tertiary/aromatic N) is 2. The van der Waals surface area contributed by atoms with Gasteiger partial charge in [0.2, 0.25) is 0 Å². The second kappa shape index (κ2) is 13.1. The molecule has 3 aromatic carbocycles. The van der Waals surface area contributed by atoms with E-state index in [-0.39, 0.29) is 5.91 Å². The number of nitrogens with one attached hydrogen (secondary N) is 1. The second-order valence-corrected chi connectivity index (χ2v) is 10.3. The number of carbonyl (C=O) groups is 1. The van der Waals surface area contributed by atoms with Crippen molar-refractivity contribution < 1.29 is 14.3 Å². The van der Waals surface area contributed by atoms with Gasteiger partial charge in [-0.05, 0) is 54.8 Å². The maximum Gasteiger partial charge on any atom is 0.271 e. The molecule has 0 bridgehead atoms. The van der Waals surface area contributed by atoms with Crippen LogP contribution in [0.5, 0.6) is 11.5 Å². The molecule has 0 aliphatic heterocycles. The van der Waals surface area contributed by atoms with Crippen LogP contribution in [-0.2, 0) is 5.75 Å². The first kappa shape index (κ1) is 25.7. The molecule has 8 heteroatoms. The zero-order valence-corrected chi connectivity index (χ0v) is 22.0. The molecule has 1 amide bonds. The number of amides is 1. The highest BCUT2D eigenvalue weighted by Crippen LogP contribution is 2.31. The molecule has 1 heterocycles. The number of hydrogen-bond acceptors (Lipinski definition) is 7. The van der Waals surface area contributed by atoms with Gasteiger partial charge in [-0.3, -0.25) is 4.79 Å². The van der Waals surface area contributed by atoms with E-state index in [9.17, 15) is 4.79 Å². The van der Waals surface area contributed by atoms with E-state index < -0.39 is 0 Å². The monoisotopic (exact) mass is 519 g/mol. The summed E-state index contributed by atoms with van der Waals surface area (Å²) < 4.78 is 13.8. The average molecular weight is 520 g/mol. The Labute approximate surface area is 219 Å². The van der Waals surface area contributed by atoms with E-state index in [0.29, 0.717) is 24.5 Å². The van der Waals surface area contributed by atoms with Crippen molar-refractivity contribution in [3.05, 3.63) is 83.4 Å². The van der Waals surface area contributed by atoms with E-state index in [1.54, 1.807) is 29.3 Å². The largest absolute Gasteiger partial charge is 0.493 e. The van der Waals surface area contributed by atoms with Gasteiger partial charge < -0.3 is 9.47 Å². The van der Waals surface area contributed by atoms with Gasteiger partial charge in [0.15, 0.2) is 4.34 Å². The van der Waals surface area contributed by atoms with Crippen LogP contribution in [0.1, 0.15) is 48.2 Å². The van der Waals surface area contributed by atoms with Crippen molar-refractivity contribution in [3.8, 4) is 11.5 Å². The fourth-order valence-electron chi connectivity index (χ4n) is 3.30. The Morgan fingerprint density at radius 1 is 1.03 bits per heavy atom. The fraction of sp³-hybridized carbons (Fsp3) is 0.250. The SMILES string of the molecule is CCCOc1ccc(/C=N/NC(=O)c2ccc(CSc3nc4ccccc4s3)cc2)c(OCCC)c1. The maximum atomic E-state index is 12.6. The first-order valence-electron chi connectivity index (χ1n) is 12.0. The molecule has 0 aliphatic carbocycles. The van der Waals surface area contributed by atoms with Crippen LogP contribution >= 0.6 is 23.1 Å². The molecule has 0 aliphatic rings. The van der Waals surface area contributed by atoms with Gasteiger partial charge >= 0.3 is 0 Å². The van der Waals surface area contributed by atoms with Gasteiger partial charge in [-0.2, -0.15) is 5.10 Å². The summed E-state index contributed by atoms with van der Waals surface area (Å²) in [4.78, 5) is 17.2. The zero-order chi connectivity index (χ0) is 25.2. The normalized spacial score (nSPS) is 11.2. The van der Waals surface area contributed by atoms with Crippen LogP contribution < -0.4 is 14.9 Å². The molecular formula is C28H29N3O3S2.